The summed E-state index contributed by atoms with van der Waals surface area (Å²) in [5.41, 5.74) is 1.65. The molecule has 0 atom stereocenters. The summed E-state index contributed by atoms with van der Waals surface area (Å²) in [6, 6.07) is 7.16. The molecule has 5 nitrogen and oxygen atoms in total. The van der Waals surface area contributed by atoms with Gasteiger partial charge in [-0.05, 0) is 18.2 Å². The van der Waals surface area contributed by atoms with Crippen molar-refractivity contribution in [2.75, 3.05) is 0 Å². The minimum absolute atomic E-state index is 0.00651. The standard InChI is InChI=1S/C15H14N2O3S/c1-15(2,3)14-16-9-5-4-8(6-12(9)21-14)11-7-10(13(18)19)17-20-11/h4-7H,1-3H3,(H,18,19). The van der Waals surface area contributed by atoms with Crippen LogP contribution in [0.15, 0.2) is 28.8 Å². The van der Waals surface area contributed by atoms with E-state index >= 15 is 0 Å². The number of carboxylic acid groups (broad SMARTS) is 1. The van der Waals surface area contributed by atoms with Crippen molar-refractivity contribution < 1.29 is 14.4 Å². The average Bonchev–Trinajstić information content (AvgIpc) is 3.04. The van der Waals surface area contributed by atoms with Crippen LogP contribution >= 0.6 is 11.3 Å². The number of benzene rings is 1. The molecule has 3 rings (SSSR count). The summed E-state index contributed by atoms with van der Waals surface area (Å²) in [6.07, 6.45) is 0. The lowest BCUT2D eigenvalue weighted by Crippen LogP contribution is -2.09. The first-order valence-corrected chi connectivity index (χ1v) is 7.28. The van der Waals surface area contributed by atoms with Crippen molar-refractivity contribution in [3.05, 3.63) is 35.0 Å². The van der Waals surface area contributed by atoms with E-state index in [1.54, 1.807) is 11.3 Å². The molecule has 2 aromatic heterocycles. The zero-order valence-corrected chi connectivity index (χ0v) is 12.7. The van der Waals surface area contributed by atoms with Gasteiger partial charge in [0.25, 0.3) is 0 Å². The Balaban J connectivity index is 2.05. The zero-order valence-electron chi connectivity index (χ0n) is 11.9. The third-order valence-electron chi connectivity index (χ3n) is 3.04. The van der Waals surface area contributed by atoms with Gasteiger partial charge in [0.1, 0.15) is 0 Å². The number of aromatic nitrogens is 2. The summed E-state index contributed by atoms with van der Waals surface area (Å²) in [5, 5.41) is 13.5. The second kappa shape index (κ2) is 4.66. The van der Waals surface area contributed by atoms with Crippen LogP contribution in [0.25, 0.3) is 21.5 Å². The molecule has 21 heavy (non-hydrogen) atoms. The quantitative estimate of drug-likeness (QED) is 0.775. The van der Waals surface area contributed by atoms with Crippen LogP contribution in [0.3, 0.4) is 0 Å². The maximum atomic E-state index is 10.8. The van der Waals surface area contributed by atoms with E-state index in [-0.39, 0.29) is 11.1 Å². The molecule has 0 aliphatic rings. The lowest BCUT2D eigenvalue weighted by atomic mass is 9.98. The molecule has 0 spiro atoms. The summed E-state index contributed by atoms with van der Waals surface area (Å²) in [7, 11) is 0. The molecule has 3 aromatic rings. The van der Waals surface area contributed by atoms with Crippen molar-refractivity contribution >= 4 is 27.5 Å². The first-order chi connectivity index (χ1) is 9.84. The molecule has 0 bridgehead atoms. The van der Waals surface area contributed by atoms with Crippen LogP contribution in [0.5, 0.6) is 0 Å². The Morgan fingerprint density at radius 3 is 2.67 bits per heavy atom. The first kappa shape index (κ1) is 13.8. The van der Waals surface area contributed by atoms with Gasteiger partial charge >= 0.3 is 5.97 Å². The molecule has 0 saturated carbocycles. The molecular weight excluding hydrogens is 288 g/mol. The number of carboxylic acids is 1. The molecule has 0 radical (unpaired) electrons. The lowest BCUT2D eigenvalue weighted by Gasteiger charge is -2.13. The van der Waals surface area contributed by atoms with Crippen LogP contribution < -0.4 is 0 Å². The van der Waals surface area contributed by atoms with Crippen LogP contribution in [-0.2, 0) is 5.41 Å². The molecular formula is C15H14N2O3S. The number of thiazole rings is 1. The molecule has 2 heterocycles. The van der Waals surface area contributed by atoms with Gasteiger partial charge in [0.05, 0.1) is 15.2 Å². The third kappa shape index (κ3) is 2.54. The van der Waals surface area contributed by atoms with Gasteiger partial charge in [-0.25, -0.2) is 9.78 Å². The highest BCUT2D eigenvalue weighted by molar-refractivity contribution is 7.18. The van der Waals surface area contributed by atoms with Crippen molar-refractivity contribution in [3.8, 4) is 11.3 Å². The van der Waals surface area contributed by atoms with E-state index in [0.29, 0.717) is 5.76 Å². The van der Waals surface area contributed by atoms with Crippen molar-refractivity contribution in [3.63, 3.8) is 0 Å². The highest BCUT2D eigenvalue weighted by Crippen LogP contribution is 2.33. The molecule has 0 aliphatic carbocycles. The van der Waals surface area contributed by atoms with Crippen molar-refractivity contribution in [1.82, 2.24) is 10.1 Å². The largest absolute Gasteiger partial charge is 0.476 e. The van der Waals surface area contributed by atoms with Gasteiger partial charge in [-0.3, -0.25) is 0 Å². The smallest absolute Gasteiger partial charge is 0.358 e. The van der Waals surface area contributed by atoms with Gasteiger partial charge in [0.2, 0.25) is 0 Å². The molecule has 0 fully saturated rings. The SMILES string of the molecule is CC(C)(C)c1nc2ccc(-c3cc(C(=O)O)no3)cc2s1. The van der Waals surface area contributed by atoms with Gasteiger partial charge in [-0.15, -0.1) is 11.3 Å². The van der Waals surface area contributed by atoms with Crippen LogP contribution in [0, 0.1) is 0 Å². The van der Waals surface area contributed by atoms with Gasteiger partial charge in [0, 0.05) is 17.0 Å². The zero-order chi connectivity index (χ0) is 15.2. The first-order valence-electron chi connectivity index (χ1n) is 6.46. The van der Waals surface area contributed by atoms with Crippen LogP contribution in [0.4, 0.5) is 0 Å². The van der Waals surface area contributed by atoms with Crippen molar-refractivity contribution in [2.24, 2.45) is 0 Å². The molecule has 1 N–H and O–H groups in total. The number of carbonyl (C=O) groups is 1. The van der Waals surface area contributed by atoms with Crippen molar-refractivity contribution in [1.29, 1.82) is 0 Å². The highest BCUT2D eigenvalue weighted by Gasteiger charge is 2.19. The predicted molar refractivity (Wildman–Crippen MR) is 80.8 cm³/mol. The Morgan fingerprint density at radius 1 is 1.29 bits per heavy atom. The van der Waals surface area contributed by atoms with E-state index in [4.69, 9.17) is 9.63 Å². The van der Waals surface area contributed by atoms with Gasteiger partial charge in [0.15, 0.2) is 11.5 Å². The van der Waals surface area contributed by atoms with E-state index < -0.39 is 5.97 Å². The van der Waals surface area contributed by atoms with Gasteiger partial charge in [-0.2, -0.15) is 0 Å². The fraction of sp³-hybridized carbons (Fsp3) is 0.267. The normalized spacial score (nSPS) is 12.0. The molecule has 0 amide bonds. The number of fused-ring (bicyclic) bond motifs is 1. The van der Waals surface area contributed by atoms with Crippen molar-refractivity contribution in [2.45, 2.75) is 26.2 Å². The topological polar surface area (TPSA) is 76.2 Å². The van der Waals surface area contributed by atoms with E-state index in [1.165, 1.54) is 6.07 Å². The van der Waals surface area contributed by atoms with E-state index in [0.717, 1.165) is 20.8 Å². The molecule has 0 unspecified atom stereocenters. The highest BCUT2D eigenvalue weighted by atomic mass is 32.1. The Bertz CT molecular complexity index is 827. The Kier molecular flexibility index (Phi) is 3.06. The molecule has 6 heteroatoms. The minimum Gasteiger partial charge on any atom is -0.476 e. The number of aromatic carboxylic acids is 1. The van der Waals surface area contributed by atoms with Crippen LogP contribution in [-0.4, -0.2) is 21.2 Å². The summed E-state index contributed by atoms with van der Waals surface area (Å²) >= 11 is 1.64. The molecule has 0 aliphatic heterocycles. The van der Waals surface area contributed by atoms with Crippen LogP contribution in [0.2, 0.25) is 0 Å². The number of hydrogen-bond donors (Lipinski definition) is 1. The van der Waals surface area contributed by atoms with E-state index in [9.17, 15) is 4.79 Å². The fourth-order valence-electron chi connectivity index (χ4n) is 1.91. The lowest BCUT2D eigenvalue weighted by molar-refractivity contribution is 0.0686. The molecule has 108 valence electrons. The van der Waals surface area contributed by atoms with Gasteiger partial charge < -0.3 is 9.63 Å². The molecule has 1 aromatic carbocycles. The number of nitrogens with zero attached hydrogens (tertiary/aromatic N) is 2. The number of rotatable bonds is 2. The monoisotopic (exact) mass is 302 g/mol. The maximum absolute atomic E-state index is 10.8. The summed E-state index contributed by atoms with van der Waals surface area (Å²) < 4.78 is 6.14. The average molecular weight is 302 g/mol. The van der Waals surface area contributed by atoms with E-state index in [2.05, 4.69) is 30.9 Å². The predicted octanol–water partition coefficient (Wildman–Crippen LogP) is 3.95. The maximum Gasteiger partial charge on any atom is 0.358 e. The van der Waals surface area contributed by atoms with Crippen LogP contribution in [0.1, 0.15) is 36.3 Å². The minimum atomic E-state index is -1.10. The Hall–Kier alpha value is -2.21. The summed E-state index contributed by atoms with van der Waals surface area (Å²) in [6.45, 7) is 6.38. The third-order valence-corrected chi connectivity index (χ3v) is 4.49. The number of hydrogen-bond acceptors (Lipinski definition) is 5. The Labute approximate surface area is 125 Å². The molecule has 0 saturated heterocycles. The Morgan fingerprint density at radius 2 is 2.05 bits per heavy atom. The fourth-order valence-corrected chi connectivity index (χ4v) is 2.97. The second-order valence-electron chi connectivity index (χ2n) is 5.83. The van der Waals surface area contributed by atoms with Gasteiger partial charge in [-0.1, -0.05) is 25.9 Å². The summed E-state index contributed by atoms with van der Waals surface area (Å²) in [4.78, 5) is 15.5. The summed E-state index contributed by atoms with van der Waals surface area (Å²) in [5.74, 6) is -0.654. The second-order valence-corrected chi connectivity index (χ2v) is 6.86. The van der Waals surface area contributed by atoms with E-state index in [1.807, 2.05) is 18.2 Å².